The Labute approximate surface area is 206 Å². The molecule has 184 valence electrons. The van der Waals surface area contributed by atoms with Gasteiger partial charge in [-0.2, -0.15) is 0 Å². The van der Waals surface area contributed by atoms with Crippen molar-refractivity contribution in [2.45, 2.75) is 33.2 Å². The van der Waals surface area contributed by atoms with Crippen LogP contribution in [-0.2, 0) is 13.6 Å². The Morgan fingerprint density at radius 2 is 1.66 bits per heavy atom. The molecule has 0 bridgehead atoms. The zero-order valence-electron chi connectivity index (χ0n) is 20.9. The molecule has 35 heavy (non-hydrogen) atoms. The topological polar surface area (TPSA) is 73.7 Å². The smallest absolute Gasteiger partial charge is 0.321 e. The monoisotopic (exact) mass is 474 g/mol. The number of fused-ring (bicyclic) bond motifs is 1. The summed E-state index contributed by atoms with van der Waals surface area (Å²) < 4.78 is 2.11. The molecule has 2 fully saturated rings. The van der Waals surface area contributed by atoms with E-state index in [1.54, 1.807) is 0 Å². The van der Waals surface area contributed by atoms with E-state index in [1.807, 2.05) is 61.0 Å². The highest BCUT2D eigenvalue weighted by Gasteiger charge is 2.24. The number of anilines is 1. The second-order valence-corrected chi connectivity index (χ2v) is 9.80. The molecule has 3 amide bonds. The second kappa shape index (κ2) is 9.70. The fourth-order valence-corrected chi connectivity index (χ4v) is 5.00. The molecule has 0 atom stereocenters. The van der Waals surface area contributed by atoms with Gasteiger partial charge in [-0.15, -0.1) is 0 Å². The highest BCUT2D eigenvalue weighted by molar-refractivity contribution is 5.97. The summed E-state index contributed by atoms with van der Waals surface area (Å²) in [5.41, 5.74) is 5.68. The van der Waals surface area contributed by atoms with E-state index in [0.717, 1.165) is 72.7 Å². The second-order valence-electron chi connectivity index (χ2n) is 9.80. The van der Waals surface area contributed by atoms with Gasteiger partial charge in [0.05, 0.1) is 17.6 Å². The Morgan fingerprint density at radius 3 is 2.40 bits per heavy atom. The molecular weight excluding hydrogens is 440 g/mol. The average Bonchev–Trinajstić information content (AvgIpc) is 3.50. The maximum Gasteiger partial charge on any atom is 0.321 e. The van der Waals surface area contributed by atoms with Crippen LogP contribution in [0.2, 0.25) is 0 Å². The largest absolute Gasteiger partial charge is 0.339 e. The number of likely N-dealkylation sites (tertiary alicyclic amines) is 1. The van der Waals surface area contributed by atoms with Gasteiger partial charge in [-0.3, -0.25) is 9.69 Å². The van der Waals surface area contributed by atoms with Gasteiger partial charge < -0.3 is 19.7 Å². The predicted molar refractivity (Wildman–Crippen MR) is 138 cm³/mol. The fraction of sp³-hybridized carbons (Fsp3) is 0.444. The third-order valence-corrected chi connectivity index (χ3v) is 7.27. The zero-order valence-corrected chi connectivity index (χ0v) is 20.9. The Hall–Kier alpha value is -3.39. The van der Waals surface area contributed by atoms with Gasteiger partial charge in [-0.1, -0.05) is 12.1 Å². The van der Waals surface area contributed by atoms with E-state index in [1.165, 1.54) is 0 Å². The molecule has 5 rings (SSSR count). The average molecular weight is 475 g/mol. The molecule has 1 N–H and O–H groups in total. The van der Waals surface area contributed by atoms with Crippen molar-refractivity contribution in [1.82, 2.24) is 24.3 Å². The van der Waals surface area contributed by atoms with Gasteiger partial charge in [0.25, 0.3) is 5.91 Å². The molecule has 0 aliphatic carbocycles. The molecular formula is C27H34N6O2. The van der Waals surface area contributed by atoms with E-state index in [4.69, 9.17) is 4.98 Å². The maximum absolute atomic E-state index is 12.8. The normalized spacial score (nSPS) is 16.8. The first-order valence-electron chi connectivity index (χ1n) is 12.5. The van der Waals surface area contributed by atoms with Gasteiger partial charge in [-0.05, 0) is 62.1 Å². The van der Waals surface area contributed by atoms with E-state index < -0.39 is 0 Å². The van der Waals surface area contributed by atoms with E-state index in [2.05, 4.69) is 20.9 Å². The molecule has 2 aliphatic rings. The summed E-state index contributed by atoms with van der Waals surface area (Å²) >= 11 is 0. The van der Waals surface area contributed by atoms with Gasteiger partial charge >= 0.3 is 6.03 Å². The van der Waals surface area contributed by atoms with Crippen LogP contribution in [0.1, 0.15) is 40.2 Å². The number of amides is 3. The van der Waals surface area contributed by atoms with Crippen molar-refractivity contribution < 1.29 is 9.59 Å². The number of carbonyl (C=O) groups excluding carboxylic acids is 2. The molecule has 3 heterocycles. The number of nitrogens with zero attached hydrogens (tertiary/aromatic N) is 5. The van der Waals surface area contributed by atoms with Crippen LogP contribution in [0.5, 0.6) is 0 Å². The van der Waals surface area contributed by atoms with Gasteiger partial charge in [0.1, 0.15) is 5.82 Å². The summed E-state index contributed by atoms with van der Waals surface area (Å²) in [6.07, 6.45) is 2.17. The van der Waals surface area contributed by atoms with Crippen LogP contribution in [0.3, 0.4) is 0 Å². The number of rotatable bonds is 4. The minimum absolute atomic E-state index is 0.0451. The first-order valence-corrected chi connectivity index (χ1v) is 12.5. The first kappa shape index (κ1) is 23.4. The van der Waals surface area contributed by atoms with Crippen molar-refractivity contribution in [3.8, 4) is 0 Å². The number of benzene rings is 2. The first-order chi connectivity index (χ1) is 16.9. The molecule has 1 aromatic heterocycles. The molecule has 8 nitrogen and oxygen atoms in total. The highest BCUT2D eigenvalue weighted by Crippen LogP contribution is 2.21. The quantitative estimate of drug-likeness (QED) is 0.625. The van der Waals surface area contributed by atoms with Crippen molar-refractivity contribution in [3.63, 3.8) is 0 Å². The third-order valence-electron chi connectivity index (χ3n) is 7.27. The molecule has 0 radical (unpaired) electrons. The van der Waals surface area contributed by atoms with Crippen LogP contribution >= 0.6 is 0 Å². The Morgan fingerprint density at radius 1 is 0.914 bits per heavy atom. The summed E-state index contributed by atoms with van der Waals surface area (Å²) in [5, 5.41) is 3.07. The van der Waals surface area contributed by atoms with E-state index >= 15 is 0 Å². The molecule has 3 aromatic rings. The molecule has 0 unspecified atom stereocenters. The lowest BCUT2D eigenvalue weighted by molar-refractivity contribution is 0.0793. The van der Waals surface area contributed by atoms with Gasteiger partial charge in [-0.25, -0.2) is 9.78 Å². The molecule has 2 aromatic carbocycles. The number of hydrogen-bond donors (Lipinski definition) is 1. The predicted octanol–water partition coefficient (Wildman–Crippen LogP) is 3.78. The molecule has 0 saturated carbocycles. The van der Waals surface area contributed by atoms with E-state index in [-0.39, 0.29) is 11.9 Å². The lowest BCUT2D eigenvalue weighted by atomic mass is 10.1. The minimum atomic E-state index is -0.0451. The summed E-state index contributed by atoms with van der Waals surface area (Å²) in [6, 6.07) is 11.9. The SMILES string of the molecule is Cc1ccc(C)c(NC(=O)N2CCN(Cc3nc4cc(C(=O)N5CCCC5)ccc4n3C)CC2)c1. The van der Waals surface area contributed by atoms with Crippen LogP contribution < -0.4 is 5.32 Å². The number of aromatic nitrogens is 2. The number of nitrogens with one attached hydrogen (secondary N) is 1. The van der Waals surface area contributed by atoms with Crippen LogP contribution in [0.25, 0.3) is 11.0 Å². The number of aryl methyl sites for hydroxylation is 3. The third kappa shape index (κ3) is 4.89. The van der Waals surface area contributed by atoms with Crippen LogP contribution in [0, 0.1) is 13.8 Å². The number of urea groups is 1. The van der Waals surface area contributed by atoms with Gasteiger partial charge in [0.2, 0.25) is 0 Å². The van der Waals surface area contributed by atoms with Crippen molar-refractivity contribution in [1.29, 1.82) is 0 Å². The molecule has 0 spiro atoms. The van der Waals surface area contributed by atoms with Crippen molar-refractivity contribution in [2.24, 2.45) is 7.05 Å². The Bertz CT molecular complexity index is 1250. The standard InChI is InChI=1S/C27H34N6O2/c1-19-6-7-20(2)22(16-19)29-27(35)33-14-12-31(13-15-33)18-25-28-23-17-21(8-9-24(23)30(25)3)26(34)32-10-4-5-11-32/h6-9,16-17H,4-5,10-15,18H2,1-3H3,(H,29,35). The van der Waals surface area contributed by atoms with E-state index in [9.17, 15) is 9.59 Å². The fourth-order valence-electron chi connectivity index (χ4n) is 5.00. The maximum atomic E-state index is 12.8. The van der Waals surface area contributed by atoms with Crippen molar-refractivity contribution in [2.75, 3.05) is 44.6 Å². The molecule has 8 heteroatoms. The van der Waals surface area contributed by atoms with Crippen LogP contribution in [0.15, 0.2) is 36.4 Å². The highest BCUT2D eigenvalue weighted by atomic mass is 16.2. The van der Waals surface area contributed by atoms with Crippen molar-refractivity contribution >= 4 is 28.7 Å². The van der Waals surface area contributed by atoms with Crippen molar-refractivity contribution in [3.05, 3.63) is 58.9 Å². The lowest BCUT2D eigenvalue weighted by Gasteiger charge is -2.34. The number of imidazole rings is 1. The van der Waals surface area contributed by atoms with Crippen LogP contribution in [0.4, 0.5) is 10.5 Å². The summed E-state index contributed by atoms with van der Waals surface area (Å²) in [6.45, 7) is 9.38. The summed E-state index contributed by atoms with van der Waals surface area (Å²) in [7, 11) is 2.03. The van der Waals surface area contributed by atoms with Gasteiger partial charge in [0.15, 0.2) is 0 Å². The number of piperazine rings is 1. The molecule has 2 saturated heterocycles. The Balaban J connectivity index is 1.21. The zero-order chi connectivity index (χ0) is 24.5. The number of hydrogen-bond acceptors (Lipinski definition) is 4. The summed E-state index contributed by atoms with van der Waals surface area (Å²) in [4.78, 5) is 36.6. The van der Waals surface area contributed by atoms with Crippen LogP contribution in [-0.4, -0.2) is 75.5 Å². The Kier molecular flexibility index (Phi) is 6.47. The summed E-state index contributed by atoms with van der Waals surface area (Å²) in [5.74, 6) is 1.07. The molecule has 2 aliphatic heterocycles. The lowest BCUT2D eigenvalue weighted by Crippen LogP contribution is -2.49. The van der Waals surface area contributed by atoms with E-state index in [0.29, 0.717) is 25.2 Å². The number of carbonyl (C=O) groups is 2. The minimum Gasteiger partial charge on any atom is -0.339 e. The van der Waals surface area contributed by atoms with Gasteiger partial charge in [0, 0.05) is 57.6 Å².